The molecule has 0 aromatic heterocycles. The van der Waals surface area contributed by atoms with Crippen LogP contribution in [0.1, 0.15) is 0 Å². The molecule has 0 bridgehead atoms. The van der Waals surface area contributed by atoms with E-state index in [0.29, 0.717) is 0 Å². The maximum atomic E-state index is 8.04. The lowest BCUT2D eigenvalue weighted by molar-refractivity contribution is 3.11. The van der Waals surface area contributed by atoms with E-state index in [4.69, 9.17) is 487 Å². The van der Waals surface area contributed by atoms with E-state index in [9.17, 15) is 0 Å². The second-order valence-corrected chi connectivity index (χ2v) is 35.2. The molecule has 0 aromatic carbocycles. The van der Waals surface area contributed by atoms with Crippen molar-refractivity contribution in [1.29, 1.82) is 0 Å². The summed E-state index contributed by atoms with van der Waals surface area (Å²) in [6, 6.07) is 0. The van der Waals surface area contributed by atoms with Crippen LogP contribution in [-0.4, -0.2) is 877 Å². The van der Waals surface area contributed by atoms with Gasteiger partial charge in [-0.15, -0.1) is 0 Å². The summed E-state index contributed by atoms with van der Waals surface area (Å²) in [6.07, 6.45) is -131. The summed E-state index contributed by atoms with van der Waals surface area (Å²) < 4.78 is 0. The Morgan fingerprint density at radius 1 is 0.0484 bits per heavy atom. The predicted molar refractivity (Wildman–Crippen MR) is 713 cm³/mol. The molecule has 0 fully saturated rings. The second kappa shape index (κ2) is 60.7. The maximum Gasteiger partial charge on any atom is 0 e. The average molecular weight is 1340 g/mol. The van der Waals surface area contributed by atoms with Crippen LogP contribution in [0.4, 0.5) is 0 Å². The zero-order chi connectivity index (χ0) is 98.2. The van der Waals surface area contributed by atoms with Gasteiger partial charge in [-0.25, -0.2) is 0 Å². The third-order valence-electron chi connectivity index (χ3n) is 26.7. The molecule has 0 N–H and O–H groups in total. The van der Waals surface area contributed by atoms with E-state index in [1.54, 1.807) is 0 Å². The first-order valence-corrected chi connectivity index (χ1v) is 41.0. The van der Waals surface area contributed by atoms with Crippen molar-refractivity contribution in [3.05, 3.63) is 0 Å². The van der Waals surface area contributed by atoms with Gasteiger partial charge in [0.1, 0.15) is 0 Å². The summed E-state index contributed by atoms with van der Waals surface area (Å²) in [6.45, 7) is 0. The minimum atomic E-state index is -2.74. The first kappa shape index (κ1) is 132. The normalized spacial score (nSPS) is 9.87. The van der Waals surface area contributed by atoms with Crippen LogP contribution < -0.4 is 0 Å². The fourth-order valence-corrected chi connectivity index (χ4v) is 22.6. The van der Waals surface area contributed by atoms with Gasteiger partial charge in [0, 0.05) is 877 Å². The number of rotatable bonds is 60. The van der Waals surface area contributed by atoms with E-state index in [2.05, 4.69) is 0 Å². The van der Waals surface area contributed by atoms with Gasteiger partial charge < -0.3 is 0 Å². The van der Waals surface area contributed by atoms with Crippen LogP contribution in [0.5, 0.6) is 0 Å². The van der Waals surface area contributed by atoms with Crippen LogP contribution in [0.3, 0.4) is 0 Å². The Hall–Kier alpha value is 8.05. The summed E-state index contributed by atoms with van der Waals surface area (Å²) in [4.78, 5) is 0. The van der Waals surface area contributed by atoms with Crippen molar-refractivity contribution in [3.63, 3.8) is 0 Å². The van der Waals surface area contributed by atoms with E-state index in [1.165, 1.54) is 0 Å². The Morgan fingerprint density at radius 3 is 0.153 bits per heavy atom. The average Bonchev–Trinajstić information content (AvgIpc) is 0.699. The molecule has 0 aromatic rings. The zero-order valence-electron chi connectivity index (χ0n) is 71.6. The van der Waals surface area contributed by atoms with E-state index >= 15 is 0 Å². The first-order chi connectivity index (χ1) is 56.4. The molecule has 0 aliphatic rings. The maximum absolute atomic E-state index is 8.04. The van der Waals surface area contributed by atoms with Gasteiger partial charge in [0.25, 0.3) is 0 Å². The molecule has 124 heteroatoms. The molecule has 372 valence electrons. The van der Waals surface area contributed by atoms with Crippen LogP contribution in [-0.2, 0) is 0 Å². The van der Waals surface area contributed by atoms with Crippen molar-refractivity contribution in [2.75, 3.05) is 0 Å². The summed E-state index contributed by atoms with van der Waals surface area (Å²) in [7, 11) is 465. The Bertz CT molecular complexity index is 2200. The van der Waals surface area contributed by atoms with Crippen LogP contribution in [0.25, 0.3) is 0 Å². The standard InChI is InChI=1S/B124/c1-64(2)95(63)111(96(65(3)4)66(5)6)119(112(97(67(7)8)68(9)10)98(69(11)12)70(13)14)123(120(113(99(71(15)16)72(17)18)100(73(19)20)74(21)22)114(101(75(23)24)76(25)26)102(77(27)28)78(29)30)124(121(115(103(79(31)32)80(33)34)104(81(35)36)82(37)38)116(105(83(39)40)84(41)42)106(85(43)44)86(45)46)122(117(107(87(47)48)88(49)50)108(89(51)52)90(53)54)118(109(91(55)56)92(57)58)110(93(59)60)94(61)62. The molecule has 0 aliphatic heterocycles. The van der Waals surface area contributed by atoms with E-state index in [-0.39, 0.29) is 0 Å². The molecule has 0 aliphatic carbocycles. The van der Waals surface area contributed by atoms with Gasteiger partial charge in [-0.05, 0) is 0 Å². The molecule has 126 radical (unpaired) electrons. The third kappa shape index (κ3) is 35.2. The molecule has 0 amide bonds. The molecule has 0 nitrogen and oxygen atoms in total. The summed E-state index contributed by atoms with van der Waals surface area (Å²) in [5.41, 5.74) is 0. The second-order valence-electron chi connectivity index (χ2n) is 35.2. The molecule has 124 heavy (non-hydrogen) atoms. The summed E-state index contributed by atoms with van der Waals surface area (Å²) >= 11 is 0. The Balaban J connectivity index is 17.0. The van der Waals surface area contributed by atoms with Crippen molar-refractivity contribution in [2.24, 2.45) is 0 Å². The molecule has 0 rings (SSSR count). The van der Waals surface area contributed by atoms with Gasteiger partial charge >= 0.3 is 0 Å². The van der Waals surface area contributed by atoms with Gasteiger partial charge in [0.05, 0.1) is 0 Å². The highest BCUT2D eigenvalue weighted by Crippen LogP contribution is 2.33. The Labute approximate surface area is 867 Å². The lowest BCUT2D eigenvalue weighted by Gasteiger charge is -2.65. The highest BCUT2D eigenvalue weighted by atomic mass is 13.5. The molecular formula is B124. The monoisotopic (exact) mass is 1370 g/mol. The molecule has 0 saturated heterocycles. The SMILES string of the molecule is [B]B([B])B([B])B(B(B([B])[B])B([B])[B])B(B(B(B([B])[B])B([B])[B])B(B([B])[B])B([B])[B])B(B(B(B(B([B])[B])B([B])[B])B(B([B])[B])B([B])[B])B(B(B([B])[B])B([B])[B])B(B([B])[B])B([B])[B])B(B(B(B(B([B])[B])B([B])[B])B(B([B])[B])B([B])[B])B(B(B([B])[B])B([B])[B])B(B([B])[B])B([B])[B])B(B(B(B([B])[B])B([B])[B])B(B([B])[B])B([B])[B])B(B(B([B])[B])B([B])[B])B(B([B])[B])B([B])[B]. The Kier molecular flexibility index (Phi) is 64.7. The van der Waals surface area contributed by atoms with Gasteiger partial charge in [-0.3, -0.25) is 0 Å². The fraction of sp³-hybridized carbons (Fsp3) is 0. The third-order valence-corrected chi connectivity index (χ3v) is 26.7. The molecule has 0 heterocycles. The smallest absolute Gasteiger partial charge is 0 e. The van der Waals surface area contributed by atoms with Gasteiger partial charge in [0.2, 0.25) is 0 Å². The highest BCUT2D eigenvalue weighted by molar-refractivity contribution is 8.47. The van der Waals surface area contributed by atoms with Crippen LogP contribution >= 0.6 is 0 Å². The summed E-state index contributed by atoms with van der Waals surface area (Å²) in [5.74, 6) is 0. The fourth-order valence-electron chi connectivity index (χ4n) is 22.6. The predicted octanol–water partition coefficient (Wildman–Crippen LogP) is -47.2. The molecular weight excluding hydrogens is 1340 g/mol. The zero-order valence-corrected chi connectivity index (χ0v) is 71.6. The van der Waals surface area contributed by atoms with Crippen molar-refractivity contribution in [1.82, 2.24) is 0 Å². The van der Waals surface area contributed by atoms with E-state index < -0.39 is 389 Å². The molecule has 0 spiro atoms. The molecule has 0 saturated carbocycles. The van der Waals surface area contributed by atoms with Gasteiger partial charge in [-0.2, -0.15) is 0 Å². The highest BCUT2D eigenvalue weighted by Gasteiger charge is 2.71. The molecule has 0 atom stereocenters. The topological polar surface area (TPSA) is 0 Å². The van der Waals surface area contributed by atoms with Crippen molar-refractivity contribution >= 4 is 877 Å². The van der Waals surface area contributed by atoms with Crippen LogP contribution in [0.15, 0.2) is 0 Å². The largest absolute Gasteiger partial charge is 0 e. The van der Waals surface area contributed by atoms with E-state index in [1.807, 2.05) is 0 Å². The lowest BCUT2D eigenvalue weighted by atomic mass is 8.17. The van der Waals surface area contributed by atoms with Gasteiger partial charge in [-0.1, -0.05) is 0 Å². The summed E-state index contributed by atoms with van der Waals surface area (Å²) in [5, 5.41) is 0. The quantitative estimate of drug-likeness (QED) is 0.0533. The van der Waals surface area contributed by atoms with E-state index in [0.717, 1.165) is 0 Å². The number of hydrogen-bond donors (Lipinski definition) is 0. The Morgan fingerprint density at radius 2 is 0.0968 bits per heavy atom. The number of hydrogen-bond acceptors (Lipinski definition) is 0. The minimum Gasteiger partial charge on any atom is 0 e. The van der Waals surface area contributed by atoms with Crippen LogP contribution in [0, 0.1) is 0 Å². The van der Waals surface area contributed by atoms with Crippen molar-refractivity contribution < 1.29 is 0 Å². The lowest BCUT2D eigenvalue weighted by Crippen LogP contribution is -3.03. The first-order valence-electron chi connectivity index (χ1n) is 41.0. The van der Waals surface area contributed by atoms with Crippen LogP contribution in [0.2, 0.25) is 0 Å². The minimum absolute atomic E-state index is 2.05. The van der Waals surface area contributed by atoms with Crippen molar-refractivity contribution in [2.45, 2.75) is 0 Å². The van der Waals surface area contributed by atoms with Crippen molar-refractivity contribution in [3.8, 4) is 0 Å². The molecule has 0 unspecified atom stereocenters. The van der Waals surface area contributed by atoms with Gasteiger partial charge in [0.15, 0.2) is 0 Å².